The van der Waals surface area contributed by atoms with Gasteiger partial charge in [0.25, 0.3) is 0 Å². The molecule has 1 aliphatic rings. The Bertz CT molecular complexity index is 1520. The summed E-state index contributed by atoms with van der Waals surface area (Å²) in [4.78, 5) is 8.41. The molecule has 0 spiro atoms. The maximum atomic E-state index is 5.70. The highest BCUT2D eigenvalue weighted by Crippen LogP contribution is 2.38. The number of methoxy groups -OCH3 is 1. The molecule has 0 aliphatic heterocycles. The second kappa shape index (κ2) is 11.5. The molecule has 0 saturated heterocycles. The van der Waals surface area contributed by atoms with Gasteiger partial charge in [-0.1, -0.05) is 79.9 Å². The number of H-pyrrole nitrogens is 1. The molecule has 3 aromatic carbocycles. The first-order valence-corrected chi connectivity index (χ1v) is 14.2. The Labute approximate surface area is 231 Å². The first kappa shape index (κ1) is 25.4. The zero-order chi connectivity index (χ0) is 26.5. The third kappa shape index (κ3) is 5.64. The molecule has 5 heteroatoms. The lowest BCUT2D eigenvalue weighted by Crippen LogP contribution is -2.43. The van der Waals surface area contributed by atoms with Crippen molar-refractivity contribution in [3.63, 3.8) is 0 Å². The molecule has 200 valence electrons. The summed E-state index contributed by atoms with van der Waals surface area (Å²) in [7, 11) is 1.73. The summed E-state index contributed by atoms with van der Waals surface area (Å²) in [5.41, 5.74) is 5.01. The highest BCUT2D eigenvalue weighted by atomic mass is 16.5. The van der Waals surface area contributed by atoms with Gasteiger partial charge in [-0.2, -0.15) is 0 Å². The Balaban J connectivity index is 1.24. The number of aromatic amines is 1. The monoisotopic (exact) mass is 518 g/mol. The van der Waals surface area contributed by atoms with Gasteiger partial charge in [0, 0.05) is 53.1 Å². The second-order valence-electron chi connectivity index (χ2n) is 11.1. The van der Waals surface area contributed by atoms with E-state index < -0.39 is 0 Å². The SMILES string of the molecule is COc1cc(NCC2(CNC(Cc3ccccc3)c3c[nH]c4ccccc34)CCCCC2)nc2ccccc12. The Morgan fingerprint density at radius 3 is 2.44 bits per heavy atom. The maximum Gasteiger partial charge on any atom is 0.131 e. The van der Waals surface area contributed by atoms with E-state index in [0.29, 0.717) is 0 Å². The van der Waals surface area contributed by atoms with Crippen LogP contribution in [-0.4, -0.2) is 30.2 Å². The molecule has 2 heterocycles. The number of fused-ring (bicyclic) bond motifs is 2. The van der Waals surface area contributed by atoms with Gasteiger partial charge in [0.2, 0.25) is 0 Å². The number of hydrogen-bond acceptors (Lipinski definition) is 4. The average molecular weight is 519 g/mol. The molecule has 0 bridgehead atoms. The van der Waals surface area contributed by atoms with Crippen LogP contribution in [0.2, 0.25) is 0 Å². The van der Waals surface area contributed by atoms with Crippen LogP contribution in [0, 0.1) is 5.41 Å². The van der Waals surface area contributed by atoms with Gasteiger partial charge in [-0.3, -0.25) is 0 Å². The van der Waals surface area contributed by atoms with Crippen LogP contribution in [0.15, 0.2) is 91.1 Å². The highest BCUT2D eigenvalue weighted by molar-refractivity contribution is 5.87. The van der Waals surface area contributed by atoms with Crippen LogP contribution in [-0.2, 0) is 6.42 Å². The fourth-order valence-corrected chi connectivity index (χ4v) is 6.26. The third-order valence-electron chi connectivity index (χ3n) is 8.46. The summed E-state index contributed by atoms with van der Waals surface area (Å²) in [6.45, 7) is 1.85. The minimum absolute atomic E-state index is 0.167. The number of hydrogen-bond donors (Lipinski definition) is 3. The molecule has 6 rings (SSSR count). The van der Waals surface area contributed by atoms with Gasteiger partial charge < -0.3 is 20.4 Å². The van der Waals surface area contributed by atoms with E-state index in [4.69, 9.17) is 9.72 Å². The number of nitrogens with zero attached hydrogens (tertiary/aromatic N) is 1. The Hall–Kier alpha value is -3.83. The van der Waals surface area contributed by atoms with Gasteiger partial charge in [-0.05, 0) is 48.6 Å². The van der Waals surface area contributed by atoms with E-state index in [0.717, 1.165) is 42.0 Å². The van der Waals surface area contributed by atoms with Crippen molar-refractivity contribution in [2.45, 2.75) is 44.6 Å². The standard InChI is InChI=1S/C34H38N4O/c1-39-32-21-33(38-30-17-9-7-15-27(30)32)37-24-34(18-10-3-11-19-34)23-36-31(20-25-12-4-2-5-13-25)28-22-35-29-16-8-6-14-26(28)29/h2,4-9,12-17,21-22,31,35-36H,3,10-11,18-20,23-24H2,1H3,(H,37,38). The van der Waals surface area contributed by atoms with Crippen LogP contribution < -0.4 is 15.4 Å². The zero-order valence-corrected chi connectivity index (χ0v) is 22.7. The molecular formula is C34H38N4O. The lowest BCUT2D eigenvalue weighted by atomic mass is 9.73. The third-order valence-corrected chi connectivity index (χ3v) is 8.46. The van der Waals surface area contributed by atoms with Crippen molar-refractivity contribution < 1.29 is 4.74 Å². The fourth-order valence-electron chi connectivity index (χ4n) is 6.26. The topological polar surface area (TPSA) is 62.0 Å². The lowest BCUT2D eigenvalue weighted by Gasteiger charge is -2.39. The van der Waals surface area contributed by atoms with E-state index >= 15 is 0 Å². The number of nitrogens with one attached hydrogen (secondary N) is 3. The van der Waals surface area contributed by atoms with Crippen molar-refractivity contribution in [3.8, 4) is 5.75 Å². The summed E-state index contributed by atoms with van der Waals surface area (Å²) in [6, 6.07) is 29.9. The lowest BCUT2D eigenvalue weighted by molar-refractivity contribution is 0.190. The molecule has 1 fully saturated rings. The smallest absolute Gasteiger partial charge is 0.131 e. The summed E-state index contributed by atoms with van der Waals surface area (Å²) >= 11 is 0. The predicted octanol–water partition coefficient (Wildman–Crippen LogP) is 7.66. The quantitative estimate of drug-likeness (QED) is 0.178. The van der Waals surface area contributed by atoms with Gasteiger partial charge in [0.15, 0.2) is 0 Å². The number of rotatable bonds is 10. The van der Waals surface area contributed by atoms with Gasteiger partial charge in [-0.25, -0.2) is 4.98 Å². The molecular weight excluding hydrogens is 480 g/mol. The first-order chi connectivity index (χ1) is 19.2. The number of anilines is 1. The van der Waals surface area contributed by atoms with Crippen molar-refractivity contribution >= 4 is 27.6 Å². The molecule has 39 heavy (non-hydrogen) atoms. The molecule has 1 unspecified atom stereocenters. The summed E-state index contributed by atoms with van der Waals surface area (Å²) in [6.07, 6.45) is 9.44. The summed E-state index contributed by atoms with van der Waals surface area (Å²) in [5.74, 6) is 1.74. The number of ether oxygens (including phenoxy) is 1. The van der Waals surface area contributed by atoms with E-state index in [2.05, 4.69) is 88.5 Å². The van der Waals surface area contributed by atoms with Crippen LogP contribution >= 0.6 is 0 Å². The maximum absolute atomic E-state index is 5.70. The van der Waals surface area contributed by atoms with Crippen molar-refractivity contribution in [1.82, 2.24) is 15.3 Å². The number of aromatic nitrogens is 2. The van der Waals surface area contributed by atoms with Gasteiger partial charge in [0.05, 0.1) is 12.6 Å². The van der Waals surface area contributed by atoms with E-state index in [-0.39, 0.29) is 11.5 Å². The number of para-hydroxylation sites is 2. The molecule has 5 aromatic rings. The Kier molecular flexibility index (Phi) is 7.51. The molecule has 1 atom stereocenters. The average Bonchev–Trinajstić information content (AvgIpc) is 3.43. The van der Waals surface area contributed by atoms with Gasteiger partial charge in [0.1, 0.15) is 11.6 Å². The normalized spacial score (nSPS) is 15.8. The Morgan fingerprint density at radius 1 is 0.872 bits per heavy atom. The molecule has 3 N–H and O–H groups in total. The first-order valence-electron chi connectivity index (χ1n) is 14.2. The van der Waals surface area contributed by atoms with Crippen molar-refractivity contribution in [3.05, 3.63) is 102 Å². The van der Waals surface area contributed by atoms with Crippen LogP contribution in [0.5, 0.6) is 5.75 Å². The summed E-state index contributed by atoms with van der Waals surface area (Å²) < 4.78 is 5.70. The predicted molar refractivity (Wildman–Crippen MR) is 161 cm³/mol. The number of benzene rings is 3. The summed E-state index contributed by atoms with van der Waals surface area (Å²) in [5, 5.41) is 10.1. The van der Waals surface area contributed by atoms with Crippen LogP contribution in [0.3, 0.4) is 0 Å². The van der Waals surface area contributed by atoms with E-state index in [1.165, 1.54) is 54.1 Å². The minimum Gasteiger partial charge on any atom is -0.496 e. The molecule has 0 amide bonds. The zero-order valence-electron chi connectivity index (χ0n) is 22.7. The molecule has 1 aliphatic carbocycles. The highest BCUT2D eigenvalue weighted by Gasteiger charge is 2.33. The van der Waals surface area contributed by atoms with E-state index in [1.54, 1.807) is 7.11 Å². The van der Waals surface area contributed by atoms with Gasteiger partial charge in [-0.15, -0.1) is 0 Å². The second-order valence-corrected chi connectivity index (χ2v) is 11.1. The number of pyridine rings is 1. The minimum atomic E-state index is 0.167. The molecule has 5 nitrogen and oxygen atoms in total. The van der Waals surface area contributed by atoms with Crippen molar-refractivity contribution in [2.75, 3.05) is 25.5 Å². The fraction of sp³-hybridized carbons (Fsp3) is 0.324. The van der Waals surface area contributed by atoms with Crippen LogP contribution in [0.1, 0.15) is 49.3 Å². The van der Waals surface area contributed by atoms with Crippen molar-refractivity contribution in [1.29, 1.82) is 0 Å². The van der Waals surface area contributed by atoms with Crippen molar-refractivity contribution in [2.24, 2.45) is 5.41 Å². The molecule has 0 radical (unpaired) electrons. The van der Waals surface area contributed by atoms with Crippen LogP contribution in [0.25, 0.3) is 21.8 Å². The Morgan fingerprint density at radius 2 is 1.62 bits per heavy atom. The van der Waals surface area contributed by atoms with Crippen LogP contribution in [0.4, 0.5) is 5.82 Å². The molecule has 2 aromatic heterocycles. The van der Waals surface area contributed by atoms with E-state index in [9.17, 15) is 0 Å². The molecule has 1 saturated carbocycles. The largest absolute Gasteiger partial charge is 0.496 e. The van der Waals surface area contributed by atoms with E-state index in [1.807, 2.05) is 18.2 Å². The van der Waals surface area contributed by atoms with Gasteiger partial charge >= 0.3 is 0 Å².